The maximum Gasteiger partial charge on any atom is 0.326 e. The Hall–Kier alpha value is -2.49. The predicted octanol–water partition coefficient (Wildman–Crippen LogP) is 3.74. The summed E-state index contributed by atoms with van der Waals surface area (Å²) in [6, 6.07) is 15.9. The molecule has 0 spiro atoms. The summed E-state index contributed by atoms with van der Waals surface area (Å²) >= 11 is 0. The number of nitrogens with one attached hydrogen (secondary N) is 1. The quantitative estimate of drug-likeness (QED) is 0.916. The molecule has 0 saturated heterocycles. The van der Waals surface area contributed by atoms with Crippen LogP contribution in [0.2, 0.25) is 0 Å². The third-order valence-corrected chi connectivity index (χ3v) is 4.13. The molecule has 0 fully saturated rings. The van der Waals surface area contributed by atoms with Crippen molar-refractivity contribution in [1.82, 2.24) is 0 Å². The normalized spacial score (nSPS) is 13.7. The molecule has 2 amide bonds. The van der Waals surface area contributed by atoms with E-state index in [-0.39, 0.29) is 6.03 Å². The van der Waals surface area contributed by atoms with E-state index in [9.17, 15) is 4.79 Å². The fourth-order valence-electron chi connectivity index (χ4n) is 2.85. The van der Waals surface area contributed by atoms with Crippen LogP contribution in [0.1, 0.15) is 12.5 Å². The fourth-order valence-corrected chi connectivity index (χ4v) is 2.85. The second-order valence-electron chi connectivity index (χ2n) is 5.50. The lowest BCUT2D eigenvalue weighted by Crippen LogP contribution is -2.44. The maximum absolute atomic E-state index is 12.7. The Labute approximate surface area is 131 Å². The highest BCUT2D eigenvalue weighted by Crippen LogP contribution is 2.32. The average molecular weight is 295 g/mol. The van der Waals surface area contributed by atoms with Gasteiger partial charge in [-0.1, -0.05) is 37.3 Å². The van der Waals surface area contributed by atoms with Gasteiger partial charge < -0.3 is 10.2 Å². The topological polar surface area (TPSA) is 35.6 Å². The molecule has 1 N–H and O–H groups in total. The molecule has 1 aliphatic heterocycles. The molecule has 0 saturated carbocycles. The second-order valence-corrected chi connectivity index (χ2v) is 5.50. The summed E-state index contributed by atoms with van der Waals surface area (Å²) in [5.74, 6) is 0. The number of urea groups is 1. The number of para-hydroxylation sites is 3. The standard InChI is InChI=1S/C18H21N3O/c1-3-14-8-4-5-9-15(14)19-18(22)21-13-12-20(2)16-10-6-7-11-17(16)21/h4-11H,3,12-13H2,1-2H3,(H,19,22). The Morgan fingerprint density at radius 3 is 2.50 bits per heavy atom. The van der Waals surface area contributed by atoms with Gasteiger partial charge in [0.2, 0.25) is 0 Å². The summed E-state index contributed by atoms with van der Waals surface area (Å²) in [6.07, 6.45) is 0.899. The van der Waals surface area contributed by atoms with Crippen LogP contribution >= 0.6 is 0 Å². The number of nitrogens with zero attached hydrogens (tertiary/aromatic N) is 2. The number of hydrogen-bond donors (Lipinski definition) is 1. The van der Waals surface area contributed by atoms with Crippen LogP contribution in [0.25, 0.3) is 0 Å². The molecule has 4 heteroatoms. The van der Waals surface area contributed by atoms with Crippen molar-refractivity contribution in [3.63, 3.8) is 0 Å². The number of benzene rings is 2. The Balaban J connectivity index is 1.86. The molecule has 0 atom stereocenters. The lowest BCUT2D eigenvalue weighted by molar-refractivity contribution is 0.257. The second kappa shape index (κ2) is 6.10. The van der Waals surface area contributed by atoms with Gasteiger partial charge in [-0.15, -0.1) is 0 Å². The molecule has 0 unspecified atom stereocenters. The van der Waals surface area contributed by atoms with Gasteiger partial charge in [-0.05, 0) is 30.2 Å². The number of rotatable bonds is 2. The number of aryl methyl sites for hydroxylation is 1. The van der Waals surface area contributed by atoms with E-state index in [4.69, 9.17) is 0 Å². The summed E-state index contributed by atoms with van der Waals surface area (Å²) in [5.41, 5.74) is 4.10. The molecule has 0 aromatic heterocycles. The van der Waals surface area contributed by atoms with Gasteiger partial charge >= 0.3 is 6.03 Å². The molecule has 2 aromatic carbocycles. The Morgan fingerprint density at radius 1 is 1.05 bits per heavy atom. The zero-order chi connectivity index (χ0) is 15.5. The van der Waals surface area contributed by atoms with E-state index in [2.05, 4.69) is 30.3 Å². The first kappa shape index (κ1) is 14.4. The number of anilines is 3. The summed E-state index contributed by atoms with van der Waals surface area (Å²) in [7, 11) is 2.06. The first-order valence-corrected chi connectivity index (χ1v) is 7.67. The molecule has 22 heavy (non-hydrogen) atoms. The van der Waals surface area contributed by atoms with Gasteiger partial charge in [0.1, 0.15) is 0 Å². The Kier molecular flexibility index (Phi) is 4.00. The minimum Gasteiger partial charge on any atom is -0.371 e. The molecular formula is C18H21N3O. The lowest BCUT2D eigenvalue weighted by atomic mass is 10.1. The summed E-state index contributed by atoms with van der Waals surface area (Å²) in [5, 5.41) is 3.06. The predicted molar refractivity (Wildman–Crippen MR) is 91.9 cm³/mol. The highest BCUT2D eigenvalue weighted by Gasteiger charge is 2.25. The van der Waals surface area contributed by atoms with E-state index in [1.807, 2.05) is 47.4 Å². The smallest absolute Gasteiger partial charge is 0.326 e. The largest absolute Gasteiger partial charge is 0.371 e. The minimum atomic E-state index is -0.0681. The van der Waals surface area contributed by atoms with Gasteiger partial charge in [0.15, 0.2) is 0 Å². The zero-order valence-corrected chi connectivity index (χ0v) is 13.0. The van der Waals surface area contributed by atoms with Crippen LogP contribution < -0.4 is 15.1 Å². The van der Waals surface area contributed by atoms with Gasteiger partial charge in [-0.3, -0.25) is 4.90 Å². The Bertz CT molecular complexity index is 684. The van der Waals surface area contributed by atoms with Crippen molar-refractivity contribution < 1.29 is 4.79 Å². The molecular weight excluding hydrogens is 274 g/mol. The number of carbonyl (C=O) groups excluding carboxylic acids is 1. The van der Waals surface area contributed by atoms with Crippen molar-refractivity contribution in [2.75, 3.05) is 35.3 Å². The molecule has 3 rings (SSSR count). The van der Waals surface area contributed by atoms with Gasteiger partial charge in [-0.25, -0.2) is 4.79 Å². The molecule has 0 bridgehead atoms. The van der Waals surface area contributed by atoms with Crippen LogP contribution in [0.3, 0.4) is 0 Å². The number of likely N-dealkylation sites (N-methyl/N-ethyl adjacent to an activating group) is 1. The lowest BCUT2D eigenvalue weighted by Gasteiger charge is -2.35. The van der Waals surface area contributed by atoms with E-state index in [0.29, 0.717) is 6.54 Å². The molecule has 114 valence electrons. The van der Waals surface area contributed by atoms with E-state index in [1.165, 1.54) is 0 Å². The zero-order valence-electron chi connectivity index (χ0n) is 13.0. The number of fused-ring (bicyclic) bond motifs is 1. The first-order chi connectivity index (χ1) is 10.7. The van der Waals surface area contributed by atoms with Gasteiger partial charge in [0.25, 0.3) is 0 Å². The average Bonchev–Trinajstić information content (AvgIpc) is 2.56. The fraction of sp³-hybridized carbons (Fsp3) is 0.278. The highest BCUT2D eigenvalue weighted by molar-refractivity contribution is 6.04. The van der Waals surface area contributed by atoms with Crippen molar-refractivity contribution in [1.29, 1.82) is 0 Å². The van der Waals surface area contributed by atoms with Crippen LogP contribution in [-0.4, -0.2) is 26.2 Å². The maximum atomic E-state index is 12.7. The van der Waals surface area contributed by atoms with Crippen molar-refractivity contribution in [3.05, 3.63) is 54.1 Å². The van der Waals surface area contributed by atoms with E-state index >= 15 is 0 Å². The van der Waals surface area contributed by atoms with Crippen LogP contribution in [0.4, 0.5) is 21.9 Å². The SMILES string of the molecule is CCc1ccccc1NC(=O)N1CCN(C)c2ccccc21. The van der Waals surface area contributed by atoms with Gasteiger partial charge in [0, 0.05) is 25.8 Å². The van der Waals surface area contributed by atoms with E-state index < -0.39 is 0 Å². The third kappa shape index (κ3) is 2.64. The number of amides is 2. The van der Waals surface area contributed by atoms with Crippen LogP contribution in [0, 0.1) is 0 Å². The van der Waals surface area contributed by atoms with Crippen LogP contribution in [-0.2, 0) is 6.42 Å². The summed E-state index contributed by atoms with van der Waals surface area (Å²) < 4.78 is 0. The molecule has 0 aliphatic carbocycles. The molecule has 2 aromatic rings. The summed E-state index contributed by atoms with van der Waals surface area (Å²) in [4.78, 5) is 16.7. The van der Waals surface area contributed by atoms with Crippen LogP contribution in [0.5, 0.6) is 0 Å². The number of hydrogen-bond acceptors (Lipinski definition) is 2. The highest BCUT2D eigenvalue weighted by atomic mass is 16.2. The molecule has 0 radical (unpaired) electrons. The minimum absolute atomic E-state index is 0.0681. The van der Waals surface area contributed by atoms with Crippen molar-refractivity contribution in [2.24, 2.45) is 0 Å². The third-order valence-electron chi connectivity index (χ3n) is 4.13. The molecule has 4 nitrogen and oxygen atoms in total. The first-order valence-electron chi connectivity index (χ1n) is 7.67. The number of carbonyl (C=O) groups is 1. The van der Waals surface area contributed by atoms with Crippen molar-refractivity contribution in [2.45, 2.75) is 13.3 Å². The molecule has 1 aliphatic rings. The van der Waals surface area contributed by atoms with Crippen molar-refractivity contribution in [3.8, 4) is 0 Å². The summed E-state index contributed by atoms with van der Waals surface area (Å²) in [6.45, 7) is 3.61. The molecule has 1 heterocycles. The van der Waals surface area contributed by atoms with Gasteiger partial charge in [0.05, 0.1) is 11.4 Å². The Morgan fingerprint density at radius 2 is 1.73 bits per heavy atom. The van der Waals surface area contributed by atoms with Crippen LogP contribution in [0.15, 0.2) is 48.5 Å². The van der Waals surface area contributed by atoms with E-state index in [1.54, 1.807) is 0 Å². The monoisotopic (exact) mass is 295 g/mol. The van der Waals surface area contributed by atoms with Crippen molar-refractivity contribution >= 4 is 23.1 Å². The van der Waals surface area contributed by atoms with E-state index in [0.717, 1.165) is 35.6 Å². The van der Waals surface area contributed by atoms with Gasteiger partial charge in [-0.2, -0.15) is 0 Å².